The fourth-order valence-electron chi connectivity index (χ4n) is 4.04. The highest BCUT2D eigenvalue weighted by molar-refractivity contribution is 7.92. The monoisotopic (exact) mass is 585 g/mol. The second kappa shape index (κ2) is 12.7. The number of ether oxygens (including phenoxy) is 1. The van der Waals surface area contributed by atoms with Crippen LogP contribution < -0.4 is 14.4 Å². The summed E-state index contributed by atoms with van der Waals surface area (Å²) in [4.78, 5) is 28.6. The van der Waals surface area contributed by atoms with Gasteiger partial charge < -0.3 is 15.0 Å². The molecule has 2 amide bonds. The summed E-state index contributed by atoms with van der Waals surface area (Å²) in [7, 11) is -2.83. The molecule has 0 saturated carbocycles. The maximum absolute atomic E-state index is 14.0. The first-order chi connectivity index (χ1) is 18.7. The number of benzene rings is 3. The van der Waals surface area contributed by atoms with Crippen LogP contribution in [0.4, 0.5) is 5.69 Å². The lowest BCUT2D eigenvalue weighted by molar-refractivity contribution is -0.140. The molecule has 0 radical (unpaired) electrons. The lowest BCUT2D eigenvalue weighted by Gasteiger charge is -2.33. The van der Waals surface area contributed by atoms with E-state index in [1.807, 2.05) is 52.0 Å². The van der Waals surface area contributed by atoms with Gasteiger partial charge in [0.15, 0.2) is 0 Å². The molecule has 0 aliphatic carbocycles. The number of nitrogens with zero attached hydrogens (tertiary/aromatic N) is 2. The van der Waals surface area contributed by atoms with E-state index in [1.165, 1.54) is 30.2 Å². The molecule has 0 aliphatic rings. The summed E-state index contributed by atoms with van der Waals surface area (Å²) in [5.74, 6) is -0.704. The molecule has 0 aromatic heterocycles. The molecule has 0 spiro atoms. The van der Waals surface area contributed by atoms with Crippen LogP contribution in [0.5, 0.6) is 5.75 Å². The van der Waals surface area contributed by atoms with Crippen LogP contribution in [0.25, 0.3) is 0 Å². The largest absolute Gasteiger partial charge is 0.495 e. The van der Waals surface area contributed by atoms with E-state index in [4.69, 9.17) is 16.3 Å². The molecule has 0 unspecified atom stereocenters. The van der Waals surface area contributed by atoms with E-state index in [9.17, 15) is 18.0 Å². The van der Waals surface area contributed by atoms with E-state index < -0.39 is 34.1 Å². The molecule has 1 atom stereocenters. The molecule has 8 nitrogen and oxygen atoms in total. The van der Waals surface area contributed by atoms with Crippen molar-refractivity contribution in [2.24, 2.45) is 0 Å². The number of halogens is 1. The quantitative estimate of drug-likeness (QED) is 0.353. The van der Waals surface area contributed by atoms with Gasteiger partial charge in [0.05, 0.1) is 17.7 Å². The molecule has 40 heavy (non-hydrogen) atoms. The van der Waals surface area contributed by atoms with Gasteiger partial charge in [-0.3, -0.25) is 13.9 Å². The molecule has 3 rings (SSSR count). The molecular formula is C30H36ClN3O5S. The van der Waals surface area contributed by atoms with Crippen molar-refractivity contribution in [3.05, 3.63) is 88.9 Å². The lowest BCUT2D eigenvalue weighted by Crippen LogP contribution is -2.54. The van der Waals surface area contributed by atoms with Gasteiger partial charge in [-0.05, 0) is 70.5 Å². The zero-order valence-electron chi connectivity index (χ0n) is 23.6. The third-order valence-electron chi connectivity index (χ3n) is 6.16. The molecule has 0 aliphatic heterocycles. The Morgan fingerprint density at radius 2 is 1.62 bits per heavy atom. The minimum absolute atomic E-state index is 0.00608. The Morgan fingerprint density at radius 3 is 2.20 bits per heavy atom. The average Bonchev–Trinajstić information content (AvgIpc) is 2.90. The first-order valence-corrected chi connectivity index (χ1v) is 14.6. The van der Waals surface area contributed by atoms with E-state index in [2.05, 4.69) is 5.32 Å². The summed E-state index contributed by atoms with van der Waals surface area (Å²) in [6.07, 6.45) is 0. The molecule has 3 aromatic carbocycles. The number of carbonyl (C=O) groups excluding carboxylic acids is 2. The Morgan fingerprint density at radius 1 is 1.00 bits per heavy atom. The fraction of sp³-hybridized carbons (Fsp3) is 0.333. The highest BCUT2D eigenvalue weighted by atomic mass is 35.5. The molecule has 0 bridgehead atoms. The van der Waals surface area contributed by atoms with Crippen molar-refractivity contribution < 1.29 is 22.7 Å². The van der Waals surface area contributed by atoms with Crippen molar-refractivity contribution in [3.63, 3.8) is 0 Å². The predicted molar refractivity (Wildman–Crippen MR) is 158 cm³/mol. The number of hydrogen-bond acceptors (Lipinski definition) is 5. The number of amides is 2. The molecule has 3 aromatic rings. The van der Waals surface area contributed by atoms with Gasteiger partial charge in [0.2, 0.25) is 11.8 Å². The summed E-state index contributed by atoms with van der Waals surface area (Å²) in [6, 6.07) is 19.1. The van der Waals surface area contributed by atoms with Crippen molar-refractivity contribution in [1.29, 1.82) is 0 Å². The van der Waals surface area contributed by atoms with Crippen molar-refractivity contribution in [3.8, 4) is 5.75 Å². The van der Waals surface area contributed by atoms with Gasteiger partial charge >= 0.3 is 0 Å². The molecule has 0 heterocycles. The van der Waals surface area contributed by atoms with E-state index in [1.54, 1.807) is 37.3 Å². The third kappa shape index (κ3) is 7.76. The van der Waals surface area contributed by atoms with Crippen LogP contribution >= 0.6 is 11.6 Å². The standard InChI is InChI=1S/C30H36ClN3O5S/c1-21-12-14-23(15-13-21)19-33(22(2)29(36)32-30(3,4)5)28(35)20-34(26-18-24(31)16-17-27(26)39-6)40(37,38)25-10-8-7-9-11-25/h7-18,22H,19-20H2,1-6H3,(H,32,36)/t22-/m0/s1. The zero-order chi connectivity index (χ0) is 29.7. The number of rotatable bonds is 10. The number of sulfonamides is 1. The van der Waals surface area contributed by atoms with Crippen molar-refractivity contribution in [2.45, 2.75) is 57.6 Å². The second-order valence-corrected chi connectivity index (χ2v) is 12.9. The van der Waals surface area contributed by atoms with Crippen LogP contribution in [0.15, 0.2) is 77.7 Å². The first-order valence-electron chi connectivity index (χ1n) is 12.8. The van der Waals surface area contributed by atoms with E-state index >= 15 is 0 Å². The minimum Gasteiger partial charge on any atom is -0.495 e. The first kappa shape index (κ1) is 31.0. The smallest absolute Gasteiger partial charge is 0.264 e. The van der Waals surface area contributed by atoms with Crippen molar-refractivity contribution in [1.82, 2.24) is 10.2 Å². The Kier molecular flexibility index (Phi) is 9.87. The second-order valence-electron chi connectivity index (χ2n) is 10.6. The normalized spacial score (nSPS) is 12.4. The summed E-state index contributed by atoms with van der Waals surface area (Å²) in [5.41, 5.74) is 1.43. The lowest BCUT2D eigenvalue weighted by atomic mass is 10.1. The predicted octanol–water partition coefficient (Wildman–Crippen LogP) is 5.18. The number of nitrogens with one attached hydrogen (secondary N) is 1. The summed E-state index contributed by atoms with van der Waals surface area (Å²) >= 11 is 6.26. The van der Waals surface area contributed by atoms with Gasteiger partial charge in [-0.2, -0.15) is 0 Å². The van der Waals surface area contributed by atoms with Gasteiger partial charge in [0.1, 0.15) is 18.3 Å². The van der Waals surface area contributed by atoms with Gasteiger partial charge in [-0.15, -0.1) is 0 Å². The third-order valence-corrected chi connectivity index (χ3v) is 8.17. The number of anilines is 1. The number of hydrogen-bond donors (Lipinski definition) is 1. The zero-order valence-corrected chi connectivity index (χ0v) is 25.2. The molecular weight excluding hydrogens is 550 g/mol. The summed E-state index contributed by atoms with van der Waals surface area (Å²) in [5, 5.41) is 3.18. The van der Waals surface area contributed by atoms with Crippen LogP contribution in [0.1, 0.15) is 38.8 Å². The van der Waals surface area contributed by atoms with Gasteiger partial charge in [0.25, 0.3) is 10.0 Å². The molecule has 10 heteroatoms. The Labute approximate surface area is 241 Å². The van der Waals surface area contributed by atoms with Crippen LogP contribution in [-0.2, 0) is 26.2 Å². The molecule has 214 valence electrons. The number of aryl methyl sites for hydroxylation is 1. The maximum atomic E-state index is 14.0. The summed E-state index contributed by atoms with van der Waals surface area (Å²) < 4.78 is 34.3. The highest BCUT2D eigenvalue weighted by Crippen LogP contribution is 2.35. The Hall–Kier alpha value is -3.56. The Bertz CT molecular complexity index is 1440. The summed E-state index contributed by atoms with van der Waals surface area (Å²) in [6.45, 7) is 8.65. The van der Waals surface area contributed by atoms with Crippen molar-refractivity contribution in [2.75, 3.05) is 18.0 Å². The SMILES string of the molecule is COc1ccc(Cl)cc1N(CC(=O)N(Cc1ccc(C)cc1)[C@@H](C)C(=O)NC(C)(C)C)S(=O)(=O)c1ccccc1. The van der Waals surface area contributed by atoms with Gasteiger partial charge in [0, 0.05) is 17.1 Å². The van der Waals surface area contributed by atoms with Crippen LogP contribution in [-0.4, -0.2) is 50.4 Å². The molecule has 1 N–H and O–H groups in total. The minimum atomic E-state index is -4.24. The van der Waals surface area contributed by atoms with Gasteiger partial charge in [-0.1, -0.05) is 59.6 Å². The van der Waals surface area contributed by atoms with Crippen LogP contribution in [0, 0.1) is 6.92 Å². The fourth-order valence-corrected chi connectivity index (χ4v) is 5.64. The number of carbonyl (C=O) groups is 2. The molecule has 0 fully saturated rings. The maximum Gasteiger partial charge on any atom is 0.264 e. The Balaban J connectivity index is 2.09. The van der Waals surface area contributed by atoms with E-state index in [-0.39, 0.29) is 33.8 Å². The highest BCUT2D eigenvalue weighted by Gasteiger charge is 2.34. The number of methoxy groups -OCH3 is 1. The van der Waals surface area contributed by atoms with Crippen LogP contribution in [0.2, 0.25) is 5.02 Å². The van der Waals surface area contributed by atoms with Crippen molar-refractivity contribution >= 4 is 39.1 Å². The van der Waals surface area contributed by atoms with E-state index in [0.29, 0.717) is 0 Å². The topological polar surface area (TPSA) is 96.0 Å². The van der Waals surface area contributed by atoms with Gasteiger partial charge in [-0.25, -0.2) is 8.42 Å². The van der Waals surface area contributed by atoms with E-state index in [0.717, 1.165) is 15.4 Å². The average molecular weight is 586 g/mol. The molecule has 0 saturated heterocycles. The van der Waals surface area contributed by atoms with Crippen LogP contribution in [0.3, 0.4) is 0 Å².